The first-order valence-corrected chi connectivity index (χ1v) is 10.2. The first kappa shape index (κ1) is 20.5. The summed E-state index contributed by atoms with van der Waals surface area (Å²) in [6, 6.07) is 3.24. The number of hydrogen-bond acceptors (Lipinski definition) is 5. The number of carbonyl (C=O) groups is 1. The van der Waals surface area contributed by atoms with Crippen LogP contribution in [0.5, 0.6) is 5.88 Å². The summed E-state index contributed by atoms with van der Waals surface area (Å²) in [4.78, 5) is 19.4. The molecule has 1 saturated heterocycles. The Labute approximate surface area is 174 Å². The molecule has 2 heterocycles. The van der Waals surface area contributed by atoms with Gasteiger partial charge in [-0.1, -0.05) is 0 Å². The van der Waals surface area contributed by atoms with Gasteiger partial charge in [-0.25, -0.2) is 13.8 Å². The molecule has 0 bridgehead atoms. The zero-order valence-corrected chi connectivity index (χ0v) is 17.1. The molecule has 1 unspecified atom stereocenters. The summed E-state index contributed by atoms with van der Waals surface area (Å²) in [6.45, 7) is 3.13. The van der Waals surface area contributed by atoms with E-state index in [4.69, 9.17) is 10.5 Å². The van der Waals surface area contributed by atoms with Crippen molar-refractivity contribution in [3.8, 4) is 17.0 Å². The van der Waals surface area contributed by atoms with E-state index in [1.807, 2.05) is 11.8 Å². The lowest BCUT2D eigenvalue weighted by Crippen LogP contribution is -2.36. The number of aromatic nitrogens is 1. The Kier molecular flexibility index (Phi) is 5.60. The minimum Gasteiger partial charge on any atom is -0.480 e. The van der Waals surface area contributed by atoms with Crippen LogP contribution in [0.15, 0.2) is 24.4 Å². The summed E-state index contributed by atoms with van der Waals surface area (Å²) in [6.07, 6.45) is 4.42. The minimum absolute atomic E-state index is 0.0448. The summed E-state index contributed by atoms with van der Waals surface area (Å²) >= 11 is 0. The van der Waals surface area contributed by atoms with Crippen LogP contribution in [0.4, 0.5) is 14.5 Å². The summed E-state index contributed by atoms with van der Waals surface area (Å²) in [5.41, 5.74) is 7.65. The number of nitrogens with one attached hydrogen (secondary N) is 1. The smallest absolute Gasteiger partial charge is 0.255 e. The van der Waals surface area contributed by atoms with Crippen LogP contribution in [0.3, 0.4) is 0 Å². The zero-order chi connectivity index (χ0) is 21.4. The molecule has 2 fully saturated rings. The van der Waals surface area contributed by atoms with E-state index in [0.29, 0.717) is 35.8 Å². The van der Waals surface area contributed by atoms with Crippen LogP contribution in [-0.2, 0) is 0 Å². The summed E-state index contributed by atoms with van der Waals surface area (Å²) in [5, 5.41) is 3.05. The molecule has 6 nitrogen and oxygen atoms in total. The van der Waals surface area contributed by atoms with Gasteiger partial charge >= 0.3 is 0 Å². The number of nitrogens with two attached hydrogens (primary N) is 1. The van der Waals surface area contributed by atoms with Crippen molar-refractivity contribution in [3.05, 3.63) is 41.6 Å². The standard InChI is InChI=1S/C22H26F2N4O2/c1-12(13-3-4-13)27-21(29)18-10-26-22(30-2)19(14-7-15(23)9-16(24)8-14)20(18)28-6-5-17(25)11-28/h7-10,12-13,17H,3-6,11,25H2,1-2H3,(H,27,29)/t12?,17-/m0/s1. The predicted molar refractivity (Wildman–Crippen MR) is 111 cm³/mol. The lowest BCUT2D eigenvalue weighted by molar-refractivity contribution is 0.0936. The van der Waals surface area contributed by atoms with Crippen molar-refractivity contribution in [2.24, 2.45) is 11.7 Å². The average Bonchev–Trinajstić information content (AvgIpc) is 3.47. The highest BCUT2D eigenvalue weighted by Gasteiger charge is 2.33. The zero-order valence-electron chi connectivity index (χ0n) is 17.1. The van der Waals surface area contributed by atoms with Gasteiger partial charge in [-0.15, -0.1) is 0 Å². The van der Waals surface area contributed by atoms with Crippen LogP contribution < -0.4 is 20.7 Å². The van der Waals surface area contributed by atoms with Crippen LogP contribution in [0.25, 0.3) is 11.1 Å². The molecular formula is C22H26F2N4O2. The number of pyridine rings is 1. The van der Waals surface area contributed by atoms with Gasteiger partial charge < -0.3 is 20.7 Å². The fourth-order valence-corrected chi connectivity index (χ4v) is 4.08. The van der Waals surface area contributed by atoms with Gasteiger partial charge in [0.05, 0.1) is 23.9 Å². The molecule has 160 valence electrons. The molecule has 0 spiro atoms. The van der Waals surface area contributed by atoms with Gasteiger partial charge in [0, 0.05) is 37.4 Å². The number of methoxy groups -OCH3 is 1. The summed E-state index contributed by atoms with van der Waals surface area (Å²) < 4.78 is 33.5. The van der Waals surface area contributed by atoms with Crippen LogP contribution >= 0.6 is 0 Å². The molecule has 1 aromatic carbocycles. The monoisotopic (exact) mass is 416 g/mol. The Morgan fingerprint density at radius 1 is 1.27 bits per heavy atom. The molecule has 1 amide bonds. The van der Waals surface area contributed by atoms with Crippen molar-refractivity contribution in [1.29, 1.82) is 0 Å². The Bertz CT molecular complexity index is 944. The van der Waals surface area contributed by atoms with Crippen molar-refractivity contribution in [2.75, 3.05) is 25.1 Å². The van der Waals surface area contributed by atoms with E-state index in [2.05, 4.69) is 10.3 Å². The highest BCUT2D eigenvalue weighted by Crippen LogP contribution is 2.42. The number of benzene rings is 1. The minimum atomic E-state index is -0.715. The summed E-state index contributed by atoms with van der Waals surface area (Å²) in [7, 11) is 1.44. The van der Waals surface area contributed by atoms with E-state index < -0.39 is 11.6 Å². The third-order valence-corrected chi connectivity index (χ3v) is 5.83. The van der Waals surface area contributed by atoms with Crippen LogP contribution in [0, 0.1) is 17.6 Å². The number of nitrogens with zero attached hydrogens (tertiary/aromatic N) is 2. The van der Waals surface area contributed by atoms with Crippen molar-refractivity contribution in [1.82, 2.24) is 10.3 Å². The molecule has 1 aromatic heterocycles. The van der Waals surface area contributed by atoms with E-state index in [0.717, 1.165) is 25.3 Å². The normalized spacial score (nSPS) is 19.6. The number of anilines is 1. The molecule has 0 radical (unpaired) electrons. The number of halogens is 2. The van der Waals surface area contributed by atoms with Gasteiger partial charge in [-0.3, -0.25) is 4.79 Å². The number of rotatable bonds is 6. The third kappa shape index (κ3) is 4.09. The fraction of sp³-hybridized carbons (Fsp3) is 0.455. The van der Waals surface area contributed by atoms with E-state index in [-0.39, 0.29) is 29.4 Å². The van der Waals surface area contributed by atoms with Crippen molar-refractivity contribution in [2.45, 2.75) is 38.3 Å². The molecule has 30 heavy (non-hydrogen) atoms. The SMILES string of the molecule is COc1ncc(C(=O)NC(C)C2CC2)c(N2CC[C@H](N)C2)c1-c1cc(F)cc(F)c1. The molecule has 1 aliphatic heterocycles. The van der Waals surface area contributed by atoms with Crippen molar-refractivity contribution in [3.63, 3.8) is 0 Å². The number of amides is 1. The lowest BCUT2D eigenvalue weighted by atomic mass is 10.00. The van der Waals surface area contributed by atoms with Gasteiger partial charge in [-0.05, 0) is 49.8 Å². The van der Waals surface area contributed by atoms with E-state index >= 15 is 0 Å². The van der Waals surface area contributed by atoms with Gasteiger partial charge in [-0.2, -0.15) is 0 Å². The highest BCUT2D eigenvalue weighted by atomic mass is 19.1. The number of ether oxygens (including phenoxy) is 1. The molecule has 2 atom stereocenters. The highest BCUT2D eigenvalue weighted by molar-refractivity contribution is 6.04. The topological polar surface area (TPSA) is 80.5 Å². The predicted octanol–water partition coefficient (Wildman–Crippen LogP) is 3.10. The van der Waals surface area contributed by atoms with Crippen LogP contribution in [-0.4, -0.2) is 43.2 Å². The molecule has 1 aliphatic carbocycles. The van der Waals surface area contributed by atoms with Gasteiger partial charge in [0.25, 0.3) is 5.91 Å². The molecule has 4 rings (SSSR count). The van der Waals surface area contributed by atoms with Gasteiger partial charge in [0.15, 0.2) is 0 Å². The molecule has 2 aromatic rings. The Balaban J connectivity index is 1.86. The maximum atomic E-state index is 14.0. The van der Waals surface area contributed by atoms with Crippen LogP contribution in [0.2, 0.25) is 0 Å². The molecule has 3 N–H and O–H groups in total. The second-order valence-electron chi connectivity index (χ2n) is 8.16. The van der Waals surface area contributed by atoms with Gasteiger partial charge in [0.2, 0.25) is 5.88 Å². The number of carbonyl (C=O) groups excluding carboxylic acids is 1. The third-order valence-electron chi connectivity index (χ3n) is 5.83. The number of hydrogen-bond donors (Lipinski definition) is 2. The fourth-order valence-electron chi connectivity index (χ4n) is 4.08. The lowest BCUT2D eigenvalue weighted by Gasteiger charge is -2.26. The van der Waals surface area contributed by atoms with E-state index in [1.54, 1.807) is 0 Å². The second-order valence-corrected chi connectivity index (χ2v) is 8.16. The quantitative estimate of drug-likeness (QED) is 0.756. The largest absolute Gasteiger partial charge is 0.480 e. The molecule has 1 saturated carbocycles. The maximum absolute atomic E-state index is 14.0. The second kappa shape index (κ2) is 8.18. The van der Waals surface area contributed by atoms with E-state index in [9.17, 15) is 13.6 Å². The van der Waals surface area contributed by atoms with E-state index in [1.165, 1.54) is 25.4 Å². The van der Waals surface area contributed by atoms with Gasteiger partial charge in [0.1, 0.15) is 11.6 Å². The Hall–Kier alpha value is -2.74. The molecule has 8 heteroatoms. The maximum Gasteiger partial charge on any atom is 0.255 e. The summed E-state index contributed by atoms with van der Waals surface area (Å²) in [5.74, 6) is -1.01. The first-order valence-electron chi connectivity index (χ1n) is 10.2. The average molecular weight is 416 g/mol. The first-order chi connectivity index (χ1) is 14.4. The molecule has 2 aliphatic rings. The van der Waals surface area contributed by atoms with Crippen molar-refractivity contribution >= 4 is 11.6 Å². The Morgan fingerprint density at radius 2 is 1.97 bits per heavy atom. The molecular weight excluding hydrogens is 390 g/mol. The van der Waals surface area contributed by atoms with Crippen molar-refractivity contribution < 1.29 is 18.3 Å². The van der Waals surface area contributed by atoms with Crippen LogP contribution in [0.1, 0.15) is 36.5 Å². The Morgan fingerprint density at radius 3 is 2.53 bits per heavy atom.